The van der Waals surface area contributed by atoms with Crippen molar-refractivity contribution in [1.29, 1.82) is 0 Å². The van der Waals surface area contributed by atoms with E-state index in [1.54, 1.807) is 18.2 Å². The molecule has 0 aliphatic carbocycles. The summed E-state index contributed by atoms with van der Waals surface area (Å²) in [6, 6.07) is 6.56. The van der Waals surface area contributed by atoms with Crippen LogP contribution >= 0.6 is 8.52 Å². The zero-order valence-electron chi connectivity index (χ0n) is 8.86. The van der Waals surface area contributed by atoms with Gasteiger partial charge in [0, 0.05) is 0 Å². The zero-order valence-corrected chi connectivity index (χ0v) is 17.2. The van der Waals surface area contributed by atoms with Crippen molar-refractivity contribution >= 4 is 14.5 Å². The van der Waals surface area contributed by atoms with E-state index in [1.165, 1.54) is 18.5 Å². The third-order valence-electron chi connectivity index (χ3n) is 1.54. The normalized spacial score (nSPS) is 8.60. The van der Waals surface area contributed by atoms with Crippen molar-refractivity contribution < 1.29 is 66.7 Å². The van der Waals surface area contributed by atoms with Crippen molar-refractivity contribution in [1.82, 2.24) is 0 Å². The molecule has 0 bridgehead atoms. The van der Waals surface area contributed by atoms with E-state index in [9.17, 15) is 9.90 Å². The minimum atomic E-state index is -1.19. The maximum absolute atomic E-state index is 10.7. The van der Waals surface area contributed by atoms with Crippen molar-refractivity contribution in [3.63, 3.8) is 0 Å². The summed E-state index contributed by atoms with van der Waals surface area (Å²) in [5, 5.41) is 10.7. The van der Waals surface area contributed by atoms with Gasteiger partial charge in [-0.2, -0.15) is 0 Å². The van der Waals surface area contributed by atoms with Crippen LogP contribution in [0.1, 0.15) is 17.3 Å². The molecule has 0 N–H and O–H groups in total. The Kier molecular flexibility index (Phi) is 9.33. The van der Waals surface area contributed by atoms with Gasteiger partial charge < -0.3 is 0 Å². The Morgan fingerprint density at radius 3 is 2.80 bits per heavy atom. The number of para-hydroxylation sites is 1. The monoisotopic (exact) mass is 422 g/mol. The Bertz CT molecular complexity index is 322. The quantitative estimate of drug-likeness (QED) is 0.331. The fraction of sp³-hybridized carbons (Fsp3) is 0.222. The molecule has 0 aliphatic rings. The van der Waals surface area contributed by atoms with Crippen molar-refractivity contribution in [2.45, 2.75) is 10.9 Å². The van der Waals surface area contributed by atoms with Crippen LogP contribution in [0.4, 0.5) is 0 Å². The second kappa shape index (κ2) is 8.87. The number of carboxylic acid groups (broad SMARTS) is 1. The van der Waals surface area contributed by atoms with Crippen molar-refractivity contribution in [3.05, 3.63) is 29.8 Å². The van der Waals surface area contributed by atoms with E-state index in [4.69, 9.17) is 4.18 Å². The molecule has 0 fully saturated rings. The first-order valence-corrected chi connectivity index (χ1v) is 15.9. The number of carboxylic acids is 1. The van der Waals surface area contributed by atoms with Gasteiger partial charge in [0.05, 0.1) is 0 Å². The maximum Gasteiger partial charge on any atom is 1.00 e. The number of benzene rings is 1. The number of rotatable bonds is 5. The summed E-state index contributed by atoms with van der Waals surface area (Å²) in [4.78, 5) is 10.7. The number of carbonyl (C=O) groups excluding carboxylic acids is 1. The van der Waals surface area contributed by atoms with E-state index in [1.807, 2.05) is 0 Å². The Balaban J connectivity index is 0.00000196. The van der Waals surface area contributed by atoms with E-state index in [2.05, 4.69) is 6.92 Å². The average Bonchev–Trinajstić information content (AvgIpc) is 2.19. The predicted molar refractivity (Wildman–Crippen MR) is 49.5 cm³/mol. The van der Waals surface area contributed by atoms with Gasteiger partial charge in [-0.05, 0) is 0 Å². The molecule has 0 unspecified atom stereocenters. The van der Waals surface area contributed by atoms with Gasteiger partial charge in [0.1, 0.15) is 0 Å². The van der Waals surface area contributed by atoms with Crippen LogP contribution in [0.3, 0.4) is 0 Å². The third-order valence-corrected chi connectivity index (χ3v) is 10.5. The van der Waals surface area contributed by atoms with Crippen LogP contribution in [-0.2, 0) is 23.1 Å². The molecular weight excluding hydrogens is 412 g/mol. The molecular formula is C9H9HgNaO3S. The first-order valence-electron chi connectivity index (χ1n) is 4.35. The van der Waals surface area contributed by atoms with E-state index in [-0.39, 0.29) is 35.1 Å². The smallest absolute Gasteiger partial charge is 1.00 e. The zero-order chi connectivity index (χ0) is 10.4. The topological polar surface area (TPSA) is 49.4 Å². The van der Waals surface area contributed by atoms with Crippen molar-refractivity contribution in [2.24, 2.45) is 0 Å². The average molecular weight is 421 g/mol. The first kappa shape index (κ1) is 15.8. The Hall–Kier alpha value is 0.775. The van der Waals surface area contributed by atoms with Crippen LogP contribution in [-0.4, -0.2) is 5.97 Å². The number of hydrogen-bond donors (Lipinski definition) is 0. The van der Waals surface area contributed by atoms with Crippen LogP contribution in [0, 0.1) is 0 Å². The van der Waals surface area contributed by atoms with Gasteiger partial charge in [-0.15, -0.1) is 0 Å². The molecule has 0 amide bonds. The van der Waals surface area contributed by atoms with Gasteiger partial charge in [0.2, 0.25) is 0 Å². The van der Waals surface area contributed by atoms with Crippen molar-refractivity contribution in [2.75, 3.05) is 0 Å². The standard InChI is InChI=1S/C7H6O3S.C2H5.Hg.Na/c8-7(9)5-3-1-2-4-6(5)10-11;1-2;;/h1-4,11H,(H,8,9);1H2,2H3;;/q;;2*+1/p-2. The number of aromatic carboxylic acids is 1. The molecule has 1 aromatic rings. The van der Waals surface area contributed by atoms with E-state index >= 15 is 0 Å². The fourth-order valence-electron chi connectivity index (χ4n) is 0.896. The first-order chi connectivity index (χ1) is 6.75. The minimum Gasteiger partial charge on any atom is 1.00 e. The summed E-state index contributed by atoms with van der Waals surface area (Å²) < 4.78 is 6.54. The van der Waals surface area contributed by atoms with Crippen LogP contribution in [0.25, 0.3) is 0 Å². The van der Waals surface area contributed by atoms with Gasteiger partial charge in [-0.3, -0.25) is 0 Å². The fourth-order valence-corrected chi connectivity index (χ4v) is 5.82. The number of carbonyl (C=O) groups is 1. The predicted octanol–water partition coefficient (Wildman–Crippen LogP) is -1.48. The molecule has 0 aromatic heterocycles. The van der Waals surface area contributed by atoms with Gasteiger partial charge >= 0.3 is 128 Å². The summed E-state index contributed by atoms with van der Waals surface area (Å²) >= 11 is -0.951. The van der Waals surface area contributed by atoms with Crippen LogP contribution in [0.15, 0.2) is 24.3 Å². The molecule has 6 heteroatoms. The van der Waals surface area contributed by atoms with E-state index in [0.29, 0.717) is 5.75 Å². The third kappa shape index (κ3) is 5.59. The Morgan fingerprint density at radius 1 is 1.53 bits per heavy atom. The molecule has 0 spiro atoms. The van der Waals surface area contributed by atoms with Gasteiger partial charge in [0.15, 0.2) is 0 Å². The molecule has 1 aromatic carbocycles. The Labute approximate surface area is 126 Å². The van der Waals surface area contributed by atoms with Gasteiger partial charge in [-0.25, -0.2) is 0 Å². The molecule has 0 atom stereocenters. The summed E-state index contributed by atoms with van der Waals surface area (Å²) in [7, 11) is 1.47. The second-order valence-corrected chi connectivity index (χ2v) is 14.9. The maximum atomic E-state index is 10.7. The summed E-state index contributed by atoms with van der Waals surface area (Å²) in [6.45, 7) is 2.13. The van der Waals surface area contributed by atoms with Crippen LogP contribution < -0.4 is 38.8 Å². The van der Waals surface area contributed by atoms with Gasteiger partial charge in [0.25, 0.3) is 0 Å². The molecule has 0 heterocycles. The molecule has 72 valence electrons. The molecule has 15 heavy (non-hydrogen) atoms. The minimum absolute atomic E-state index is 0. The number of hydrogen-bond acceptors (Lipinski definition) is 4. The van der Waals surface area contributed by atoms with Crippen molar-refractivity contribution in [3.8, 4) is 5.75 Å². The molecule has 3 nitrogen and oxygen atoms in total. The molecule has 0 radical (unpaired) electrons. The molecule has 0 aliphatic heterocycles. The largest absolute Gasteiger partial charge is 1.00 e. The Morgan fingerprint density at radius 2 is 2.20 bits per heavy atom. The molecule has 0 saturated carbocycles. The van der Waals surface area contributed by atoms with Crippen LogP contribution in [0.2, 0.25) is 3.93 Å². The molecule has 1 rings (SSSR count). The summed E-state index contributed by atoms with van der Waals surface area (Å²) in [6.07, 6.45) is 0. The van der Waals surface area contributed by atoms with E-state index in [0.717, 1.165) is 0 Å². The van der Waals surface area contributed by atoms with Crippen LogP contribution in [0.5, 0.6) is 5.75 Å². The summed E-state index contributed by atoms with van der Waals surface area (Å²) in [5.41, 5.74) is 0.129. The molecule has 0 saturated heterocycles. The van der Waals surface area contributed by atoms with Gasteiger partial charge in [-0.1, -0.05) is 0 Å². The summed E-state index contributed by atoms with van der Waals surface area (Å²) in [5.74, 6) is -0.777. The van der Waals surface area contributed by atoms with E-state index < -0.39 is 29.0 Å². The second-order valence-electron chi connectivity index (χ2n) is 2.69. The SMILES string of the molecule is C[CH2][Hg][S]Oc1ccccc1C(=O)[O-].[Na+].